The first kappa shape index (κ1) is 12.4. The van der Waals surface area contributed by atoms with E-state index in [2.05, 4.69) is 0 Å². The Hall–Kier alpha value is -0.660. The summed E-state index contributed by atoms with van der Waals surface area (Å²) in [6.07, 6.45) is -3.16. The first-order chi connectivity index (χ1) is 6.73. The molecule has 9 heteroatoms. The molecule has 15 heavy (non-hydrogen) atoms. The Morgan fingerprint density at radius 2 is 1.93 bits per heavy atom. The maximum absolute atomic E-state index is 12.4. The standard InChI is InChI=1S/C6H3Cl2F2NO3S/c7-5-4(15(8,13)14)2(6(9)10)1-3(12)11-5/h1,6H,(H,11,12). The van der Waals surface area contributed by atoms with Gasteiger partial charge in [0.15, 0.2) is 0 Å². The highest BCUT2D eigenvalue weighted by atomic mass is 35.7. The Morgan fingerprint density at radius 3 is 2.33 bits per heavy atom. The number of hydrogen-bond acceptors (Lipinski definition) is 3. The maximum atomic E-state index is 12.4. The average Bonchev–Trinajstić information content (AvgIpc) is 1.99. The highest BCUT2D eigenvalue weighted by Gasteiger charge is 2.26. The van der Waals surface area contributed by atoms with Crippen LogP contribution < -0.4 is 5.56 Å². The number of aromatic nitrogens is 1. The van der Waals surface area contributed by atoms with Gasteiger partial charge in [-0.2, -0.15) is 0 Å². The number of rotatable bonds is 2. The molecule has 1 aromatic heterocycles. The van der Waals surface area contributed by atoms with E-state index in [0.29, 0.717) is 6.07 Å². The second kappa shape index (κ2) is 4.07. The van der Waals surface area contributed by atoms with E-state index in [1.54, 1.807) is 0 Å². The third-order valence-corrected chi connectivity index (χ3v) is 3.25. The molecule has 1 aromatic rings. The van der Waals surface area contributed by atoms with Gasteiger partial charge in [-0.25, -0.2) is 17.2 Å². The van der Waals surface area contributed by atoms with Crippen molar-refractivity contribution in [3.05, 3.63) is 27.1 Å². The summed E-state index contributed by atoms with van der Waals surface area (Å²) in [4.78, 5) is 11.7. The fourth-order valence-corrected chi connectivity index (χ4v) is 2.76. The molecule has 1 heterocycles. The monoisotopic (exact) mass is 277 g/mol. The molecule has 0 aliphatic heterocycles. The largest absolute Gasteiger partial charge is 0.312 e. The van der Waals surface area contributed by atoms with Crippen LogP contribution in [0.15, 0.2) is 15.8 Å². The highest BCUT2D eigenvalue weighted by molar-refractivity contribution is 8.13. The number of pyridine rings is 1. The normalized spacial score (nSPS) is 12.1. The lowest BCUT2D eigenvalue weighted by Gasteiger charge is -2.06. The SMILES string of the molecule is O=c1cc(C(F)F)c(S(=O)(=O)Cl)c(Cl)[nH]1. The van der Waals surface area contributed by atoms with Crippen LogP contribution in [0.2, 0.25) is 5.15 Å². The molecule has 0 atom stereocenters. The number of aromatic amines is 1. The Morgan fingerprint density at radius 1 is 1.40 bits per heavy atom. The number of hydrogen-bond donors (Lipinski definition) is 1. The average molecular weight is 278 g/mol. The third kappa shape index (κ3) is 2.67. The van der Waals surface area contributed by atoms with Crippen LogP contribution >= 0.6 is 22.3 Å². The molecule has 0 unspecified atom stereocenters. The Balaban J connectivity index is 3.70. The van der Waals surface area contributed by atoms with Crippen LogP contribution in [0.4, 0.5) is 8.78 Å². The van der Waals surface area contributed by atoms with Gasteiger partial charge in [0, 0.05) is 22.3 Å². The van der Waals surface area contributed by atoms with E-state index in [0.717, 1.165) is 0 Å². The fourth-order valence-electron chi connectivity index (χ4n) is 0.944. The van der Waals surface area contributed by atoms with Gasteiger partial charge in [0.05, 0.1) is 0 Å². The van der Waals surface area contributed by atoms with E-state index in [4.69, 9.17) is 22.3 Å². The molecule has 1 N–H and O–H groups in total. The van der Waals surface area contributed by atoms with Crippen LogP contribution in [0, 0.1) is 0 Å². The molecule has 0 saturated heterocycles. The van der Waals surface area contributed by atoms with E-state index in [9.17, 15) is 22.0 Å². The van der Waals surface area contributed by atoms with Gasteiger partial charge in [-0.3, -0.25) is 4.79 Å². The lowest BCUT2D eigenvalue weighted by molar-refractivity contribution is 0.147. The van der Waals surface area contributed by atoms with Crippen molar-refractivity contribution in [3.8, 4) is 0 Å². The zero-order chi connectivity index (χ0) is 11.8. The van der Waals surface area contributed by atoms with E-state index >= 15 is 0 Å². The minimum absolute atomic E-state index is 0.436. The maximum Gasteiger partial charge on any atom is 0.265 e. The molecule has 84 valence electrons. The van der Waals surface area contributed by atoms with E-state index in [-0.39, 0.29) is 0 Å². The minimum Gasteiger partial charge on any atom is -0.312 e. The van der Waals surface area contributed by atoms with Gasteiger partial charge in [0.2, 0.25) is 5.56 Å². The van der Waals surface area contributed by atoms with E-state index in [1.807, 2.05) is 4.98 Å². The predicted molar refractivity (Wildman–Crippen MR) is 50.1 cm³/mol. The number of halogens is 4. The molecule has 0 aliphatic carbocycles. The molecule has 1 rings (SSSR count). The molecular weight excluding hydrogens is 275 g/mol. The zero-order valence-corrected chi connectivity index (χ0v) is 9.13. The summed E-state index contributed by atoms with van der Waals surface area (Å²) >= 11 is 5.31. The van der Waals surface area contributed by atoms with Gasteiger partial charge in [-0.15, -0.1) is 0 Å². The molecule has 0 saturated carbocycles. The van der Waals surface area contributed by atoms with Gasteiger partial charge in [-0.05, 0) is 0 Å². The summed E-state index contributed by atoms with van der Waals surface area (Å²) in [6, 6.07) is 0.436. The highest BCUT2D eigenvalue weighted by Crippen LogP contribution is 2.31. The summed E-state index contributed by atoms with van der Waals surface area (Å²) < 4.78 is 46.6. The lowest BCUT2D eigenvalue weighted by Crippen LogP contribution is -2.11. The lowest BCUT2D eigenvalue weighted by atomic mass is 10.3. The topological polar surface area (TPSA) is 67.0 Å². The minimum atomic E-state index is -4.44. The molecule has 0 aromatic carbocycles. The first-order valence-electron chi connectivity index (χ1n) is 3.39. The van der Waals surface area contributed by atoms with E-state index in [1.165, 1.54) is 0 Å². The fraction of sp³-hybridized carbons (Fsp3) is 0.167. The van der Waals surface area contributed by atoms with Crippen molar-refractivity contribution in [2.75, 3.05) is 0 Å². The molecule has 0 bridgehead atoms. The van der Waals surface area contributed by atoms with Crippen molar-refractivity contribution in [2.45, 2.75) is 11.3 Å². The Bertz CT molecular complexity index is 540. The van der Waals surface area contributed by atoms with Gasteiger partial charge < -0.3 is 4.98 Å². The van der Waals surface area contributed by atoms with Gasteiger partial charge >= 0.3 is 0 Å². The molecule has 4 nitrogen and oxygen atoms in total. The second-order valence-corrected chi connectivity index (χ2v) is 5.35. The molecule has 0 amide bonds. The van der Waals surface area contributed by atoms with Crippen molar-refractivity contribution in [2.24, 2.45) is 0 Å². The second-order valence-electron chi connectivity index (χ2n) is 2.47. The van der Waals surface area contributed by atoms with Crippen molar-refractivity contribution in [3.63, 3.8) is 0 Å². The molecule has 0 spiro atoms. The van der Waals surface area contributed by atoms with Gasteiger partial charge in [0.1, 0.15) is 10.0 Å². The molecule has 0 radical (unpaired) electrons. The Kier molecular flexibility index (Phi) is 3.37. The first-order valence-corrected chi connectivity index (χ1v) is 6.07. The molecule has 0 fully saturated rings. The summed E-state index contributed by atoms with van der Waals surface area (Å²) in [5, 5.41) is -0.729. The molecule has 0 aliphatic rings. The summed E-state index contributed by atoms with van der Waals surface area (Å²) in [7, 11) is 0.462. The number of H-pyrrole nitrogens is 1. The molecular formula is C6H3Cl2F2NO3S. The quantitative estimate of drug-likeness (QED) is 0.663. The van der Waals surface area contributed by atoms with Gasteiger partial charge in [0.25, 0.3) is 15.5 Å². The van der Waals surface area contributed by atoms with Crippen LogP contribution in [0.1, 0.15) is 12.0 Å². The zero-order valence-electron chi connectivity index (χ0n) is 6.80. The van der Waals surface area contributed by atoms with Crippen LogP contribution in [0.3, 0.4) is 0 Å². The van der Waals surface area contributed by atoms with E-state index < -0.39 is 36.6 Å². The number of nitrogens with one attached hydrogen (secondary N) is 1. The summed E-state index contributed by atoms with van der Waals surface area (Å²) in [5.41, 5.74) is -1.95. The Labute approximate surface area is 92.2 Å². The van der Waals surface area contributed by atoms with Crippen LogP contribution in [-0.2, 0) is 9.05 Å². The predicted octanol–water partition coefficient (Wildman–Crippen LogP) is 1.89. The van der Waals surface area contributed by atoms with Crippen molar-refractivity contribution in [1.82, 2.24) is 4.98 Å². The van der Waals surface area contributed by atoms with Crippen molar-refractivity contribution in [1.29, 1.82) is 0 Å². The van der Waals surface area contributed by atoms with Crippen LogP contribution in [0.5, 0.6) is 0 Å². The third-order valence-electron chi connectivity index (χ3n) is 1.46. The summed E-state index contributed by atoms with van der Waals surface area (Å²) in [5.74, 6) is 0. The number of alkyl halides is 2. The van der Waals surface area contributed by atoms with Crippen LogP contribution in [-0.4, -0.2) is 13.4 Å². The summed E-state index contributed by atoms with van der Waals surface area (Å²) in [6.45, 7) is 0. The van der Waals surface area contributed by atoms with Crippen molar-refractivity contribution < 1.29 is 17.2 Å². The van der Waals surface area contributed by atoms with Gasteiger partial charge in [-0.1, -0.05) is 11.6 Å². The van der Waals surface area contributed by atoms with Crippen molar-refractivity contribution >= 4 is 31.3 Å². The smallest absolute Gasteiger partial charge is 0.265 e. The van der Waals surface area contributed by atoms with Crippen LogP contribution in [0.25, 0.3) is 0 Å².